The molecule has 1 aromatic heterocycles. The van der Waals surface area contributed by atoms with Crippen molar-refractivity contribution in [2.75, 3.05) is 0 Å². The maximum Gasteiger partial charge on any atom is 0.336 e. The van der Waals surface area contributed by atoms with E-state index in [2.05, 4.69) is 5.10 Å². The van der Waals surface area contributed by atoms with Crippen molar-refractivity contribution in [3.63, 3.8) is 0 Å². The molecule has 1 N–H and O–H groups in total. The van der Waals surface area contributed by atoms with Crippen molar-refractivity contribution in [2.24, 2.45) is 7.05 Å². The SMILES string of the molecule is Cc1cc(-c2cnn(C)c2)cc(C)c1C(=O)O. The highest BCUT2D eigenvalue weighted by atomic mass is 16.4. The van der Waals surface area contributed by atoms with Crippen molar-refractivity contribution in [2.45, 2.75) is 13.8 Å². The summed E-state index contributed by atoms with van der Waals surface area (Å²) in [6, 6.07) is 3.76. The Balaban J connectivity index is 2.56. The lowest BCUT2D eigenvalue weighted by Gasteiger charge is -2.08. The van der Waals surface area contributed by atoms with Gasteiger partial charge in [-0.15, -0.1) is 0 Å². The molecule has 0 spiro atoms. The van der Waals surface area contributed by atoms with E-state index in [1.807, 2.05) is 39.2 Å². The molecule has 0 bridgehead atoms. The number of carboxylic acids is 1. The quantitative estimate of drug-likeness (QED) is 0.861. The van der Waals surface area contributed by atoms with Crippen LogP contribution in [0.15, 0.2) is 24.5 Å². The Bertz CT molecular complexity index is 562. The average molecular weight is 230 g/mol. The summed E-state index contributed by atoms with van der Waals surface area (Å²) in [5.41, 5.74) is 3.93. The molecular weight excluding hydrogens is 216 g/mol. The predicted molar refractivity (Wildman–Crippen MR) is 65.1 cm³/mol. The van der Waals surface area contributed by atoms with E-state index in [0.717, 1.165) is 22.3 Å². The van der Waals surface area contributed by atoms with Gasteiger partial charge in [0.25, 0.3) is 0 Å². The lowest BCUT2D eigenvalue weighted by Crippen LogP contribution is -2.03. The molecule has 2 aromatic rings. The summed E-state index contributed by atoms with van der Waals surface area (Å²) >= 11 is 0. The Hall–Kier alpha value is -2.10. The van der Waals surface area contributed by atoms with Gasteiger partial charge in [-0.2, -0.15) is 5.10 Å². The second kappa shape index (κ2) is 4.05. The summed E-state index contributed by atoms with van der Waals surface area (Å²) in [6.07, 6.45) is 3.68. The fourth-order valence-electron chi connectivity index (χ4n) is 2.04. The van der Waals surface area contributed by atoms with E-state index in [1.165, 1.54) is 0 Å². The number of aryl methyl sites for hydroxylation is 3. The summed E-state index contributed by atoms with van der Waals surface area (Å²) in [6.45, 7) is 3.63. The average Bonchev–Trinajstić information content (AvgIpc) is 2.63. The molecule has 0 amide bonds. The molecule has 4 heteroatoms. The van der Waals surface area contributed by atoms with E-state index in [0.29, 0.717) is 5.56 Å². The van der Waals surface area contributed by atoms with Gasteiger partial charge >= 0.3 is 5.97 Å². The van der Waals surface area contributed by atoms with Gasteiger partial charge in [0.05, 0.1) is 11.8 Å². The molecule has 0 aliphatic heterocycles. The molecule has 1 aromatic carbocycles. The first kappa shape index (κ1) is 11.4. The monoisotopic (exact) mass is 230 g/mol. The van der Waals surface area contributed by atoms with Crippen molar-refractivity contribution in [1.29, 1.82) is 0 Å². The van der Waals surface area contributed by atoms with E-state index < -0.39 is 5.97 Å². The zero-order chi connectivity index (χ0) is 12.6. The van der Waals surface area contributed by atoms with E-state index >= 15 is 0 Å². The van der Waals surface area contributed by atoms with Crippen LogP contribution in [0.2, 0.25) is 0 Å². The third-order valence-electron chi connectivity index (χ3n) is 2.78. The molecule has 17 heavy (non-hydrogen) atoms. The standard InChI is InChI=1S/C13H14N2O2/c1-8-4-10(11-6-14-15(3)7-11)5-9(2)12(8)13(16)17/h4-7H,1-3H3,(H,16,17). The van der Waals surface area contributed by atoms with Crippen molar-refractivity contribution in [3.05, 3.63) is 41.2 Å². The number of hydrogen-bond acceptors (Lipinski definition) is 2. The number of nitrogens with zero attached hydrogens (tertiary/aromatic N) is 2. The minimum Gasteiger partial charge on any atom is -0.478 e. The normalized spacial score (nSPS) is 10.5. The van der Waals surface area contributed by atoms with Crippen molar-refractivity contribution >= 4 is 5.97 Å². The smallest absolute Gasteiger partial charge is 0.336 e. The van der Waals surface area contributed by atoms with Gasteiger partial charge in [-0.3, -0.25) is 4.68 Å². The minimum atomic E-state index is -0.877. The highest BCUT2D eigenvalue weighted by molar-refractivity contribution is 5.92. The zero-order valence-corrected chi connectivity index (χ0v) is 10.1. The molecule has 0 aliphatic rings. The van der Waals surface area contributed by atoms with Gasteiger partial charge in [-0.25, -0.2) is 4.79 Å². The topological polar surface area (TPSA) is 55.1 Å². The van der Waals surface area contributed by atoms with Gasteiger partial charge in [0, 0.05) is 18.8 Å². The predicted octanol–water partition coefficient (Wildman–Crippen LogP) is 2.40. The van der Waals surface area contributed by atoms with E-state index in [4.69, 9.17) is 5.11 Å². The highest BCUT2D eigenvalue weighted by Crippen LogP contribution is 2.24. The van der Waals surface area contributed by atoms with Gasteiger partial charge in [0.2, 0.25) is 0 Å². The minimum absolute atomic E-state index is 0.387. The molecule has 0 fully saturated rings. The van der Waals surface area contributed by atoms with Crippen molar-refractivity contribution in [1.82, 2.24) is 9.78 Å². The van der Waals surface area contributed by atoms with Crippen LogP contribution in [0.1, 0.15) is 21.5 Å². The lowest BCUT2D eigenvalue weighted by atomic mass is 9.97. The molecule has 0 radical (unpaired) electrons. The van der Waals surface area contributed by atoms with Crippen LogP contribution in [0.3, 0.4) is 0 Å². The maximum atomic E-state index is 11.1. The Morgan fingerprint density at radius 3 is 2.24 bits per heavy atom. The number of hydrogen-bond donors (Lipinski definition) is 1. The third kappa shape index (κ3) is 2.06. The van der Waals surface area contributed by atoms with Crippen LogP contribution >= 0.6 is 0 Å². The molecule has 88 valence electrons. The molecule has 0 atom stereocenters. The first-order valence-corrected chi connectivity index (χ1v) is 5.32. The second-order valence-electron chi connectivity index (χ2n) is 4.19. The number of benzene rings is 1. The van der Waals surface area contributed by atoms with E-state index in [9.17, 15) is 4.79 Å². The summed E-state index contributed by atoms with van der Waals surface area (Å²) in [7, 11) is 1.86. The number of aromatic carboxylic acids is 1. The zero-order valence-electron chi connectivity index (χ0n) is 10.1. The largest absolute Gasteiger partial charge is 0.478 e. The van der Waals surface area contributed by atoms with Crippen LogP contribution in [-0.2, 0) is 7.05 Å². The van der Waals surface area contributed by atoms with Crippen molar-refractivity contribution in [3.8, 4) is 11.1 Å². The fraction of sp³-hybridized carbons (Fsp3) is 0.231. The highest BCUT2D eigenvalue weighted by Gasteiger charge is 2.12. The van der Waals surface area contributed by atoms with E-state index in [-0.39, 0.29) is 0 Å². The van der Waals surface area contributed by atoms with Crippen LogP contribution < -0.4 is 0 Å². The Morgan fingerprint density at radius 1 is 1.24 bits per heavy atom. The van der Waals surface area contributed by atoms with Gasteiger partial charge in [-0.1, -0.05) is 12.1 Å². The summed E-state index contributed by atoms with van der Waals surface area (Å²) in [4.78, 5) is 11.1. The molecule has 0 saturated carbocycles. The number of rotatable bonds is 2. The first-order valence-electron chi connectivity index (χ1n) is 5.32. The van der Waals surface area contributed by atoms with E-state index in [1.54, 1.807) is 10.9 Å². The lowest BCUT2D eigenvalue weighted by molar-refractivity contribution is 0.0695. The molecule has 4 nitrogen and oxygen atoms in total. The van der Waals surface area contributed by atoms with Crippen LogP contribution in [0.4, 0.5) is 0 Å². The van der Waals surface area contributed by atoms with Crippen LogP contribution in [-0.4, -0.2) is 20.9 Å². The van der Waals surface area contributed by atoms with Gasteiger partial charge in [0.1, 0.15) is 0 Å². The van der Waals surface area contributed by atoms with Gasteiger partial charge in [0.15, 0.2) is 0 Å². The fourth-order valence-corrected chi connectivity index (χ4v) is 2.04. The maximum absolute atomic E-state index is 11.1. The van der Waals surface area contributed by atoms with Gasteiger partial charge < -0.3 is 5.11 Å². The Labute approximate surface area is 99.5 Å². The number of aromatic nitrogens is 2. The molecule has 0 aliphatic carbocycles. The molecule has 0 unspecified atom stereocenters. The number of carbonyl (C=O) groups is 1. The Kier molecular flexibility index (Phi) is 2.71. The third-order valence-corrected chi connectivity index (χ3v) is 2.78. The summed E-state index contributed by atoms with van der Waals surface area (Å²) in [5, 5.41) is 13.2. The molecule has 0 saturated heterocycles. The molecule has 2 rings (SSSR count). The second-order valence-corrected chi connectivity index (χ2v) is 4.19. The van der Waals surface area contributed by atoms with Crippen molar-refractivity contribution < 1.29 is 9.90 Å². The summed E-state index contributed by atoms with van der Waals surface area (Å²) < 4.78 is 1.73. The van der Waals surface area contributed by atoms with Crippen LogP contribution in [0.25, 0.3) is 11.1 Å². The Morgan fingerprint density at radius 2 is 1.82 bits per heavy atom. The molecular formula is C13H14N2O2. The van der Waals surface area contributed by atoms with Gasteiger partial charge in [-0.05, 0) is 30.5 Å². The first-order chi connectivity index (χ1) is 7.99. The van der Waals surface area contributed by atoms with Crippen LogP contribution in [0, 0.1) is 13.8 Å². The molecule has 1 heterocycles. The number of carboxylic acid groups (broad SMARTS) is 1. The van der Waals surface area contributed by atoms with Crippen LogP contribution in [0.5, 0.6) is 0 Å². The summed E-state index contributed by atoms with van der Waals surface area (Å²) in [5.74, 6) is -0.877.